The zero-order chi connectivity index (χ0) is 26.9. The van der Waals surface area contributed by atoms with Crippen LogP contribution in [0.15, 0.2) is 60.8 Å². The Labute approximate surface area is 223 Å². The standard InChI is InChI=1S/C30H35FN4O3/c1-30(2,3)38-29(37)33-16-13-22(14-17-33)27-26(19-32-35(27)25-11-9-24(31)10-12-25)28(36)34-18-15-23(20-34)21-7-5-4-6-8-21/h4-12,19,22-23H,13-18,20H2,1-3H3/t23-/m0/s1. The number of benzene rings is 2. The van der Waals surface area contributed by atoms with Gasteiger partial charge in [-0.2, -0.15) is 5.10 Å². The molecule has 2 saturated heterocycles. The Kier molecular flexibility index (Phi) is 7.23. The first kappa shape index (κ1) is 25.9. The summed E-state index contributed by atoms with van der Waals surface area (Å²) in [5.41, 5.74) is 2.81. The van der Waals surface area contributed by atoms with Gasteiger partial charge in [-0.15, -0.1) is 0 Å². The number of amides is 2. The number of nitrogens with zero attached hydrogens (tertiary/aromatic N) is 4. The van der Waals surface area contributed by atoms with Crippen molar-refractivity contribution in [3.8, 4) is 5.69 Å². The lowest BCUT2D eigenvalue weighted by Crippen LogP contribution is -2.41. The predicted molar refractivity (Wildman–Crippen MR) is 143 cm³/mol. The SMILES string of the molecule is CC(C)(C)OC(=O)N1CCC(c2c(C(=O)N3CC[C@H](c4ccccc4)C3)cnn2-c2ccc(F)cc2)CC1. The summed E-state index contributed by atoms with van der Waals surface area (Å²) in [6.45, 7) is 7.99. The lowest BCUT2D eigenvalue weighted by Gasteiger charge is -2.34. The third-order valence-electron chi connectivity index (χ3n) is 7.39. The highest BCUT2D eigenvalue weighted by Gasteiger charge is 2.35. The normalized spacial score (nSPS) is 18.6. The Balaban J connectivity index is 1.39. The van der Waals surface area contributed by atoms with Crippen molar-refractivity contribution in [1.82, 2.24) is 19.6 Å². The molecule has 0 bridgehead atoms. The largest absolute Gasteiger partial charge is 0.444 e. The van der Waals surface area contributed by atoms with Gasteiger partial charge in [-0.25, -0.2) is 13.9 Å². The van der Waals surface area contributed by atoms with Gasteiger partial charge in [-0.1, -0.05) is 30.3 Å². The average Bonchev–Trinajstić information content (AvgIpc) is 3.57. The number of aromatic nitrogens is 2. The molecule has 0 unspecified atom stereocenters. The van der Waals surface area contributed by atoms with E-state index in [1.54, 1.807) is 27.9 Å². The summed E-state index contributed by atoms with van der Waals surface area (Å²) in [6, 6.07) is 16.5. The summed E-state index contributed by atoms with van der Waals surface area (Å²) in [5.74, 6) is -0.0182. The molecule has 7 nitrogen and oxygen atoms in total. The van der Waals surface area contributed by atoms with Gasteiger partial charge in [0.05, 0.1) is 23.1 Å². The Morgan fingerprint density at radius 3 is 2.18 bits per heavy atom. The third kappa shape index (κ3) is 5.59. The number of ether oxygens (including phenoxy) is 1. The number of likely N-dealkylation sites (tertiary alicyclic amines) is 2. The lowest BCUT2D eigenvalue weighted by molar-refractivity contribution is 0.0203. The van der Waals surface area contributed by atoms with Crippen LogP contribution in [0.3, 0.4) is 0 Å². The zero-order valence-corrected chi connectivity index (χ0v) is 22.3. The molecule has 0 radical (unpaired) electrons. The van der Waals surface area contributed by atoms with Crippen molar-refractivity contribution in [3.63, 3.8) is 0 Å². The van der Waals surface area contributed by atoms with Crippen molar-refractivity contribution < 1.29 is 18.7 Å². The van der Waals surface area contributed by atoms with Crippen molar-refractivity contribution in [2.75, 3.05) is 26.2 Å². The highest BCUT2D eigenvalue weighted by atomic mass is 19.1. The summed E-state index contributed by atoms with van der Waals surface area (Å²) >= 11 is 0. The molecule has 1 aromatic heterocycles. The number of piperidine rings is 1. The number of hydrogen-bond donors (Lipinski definition) is 0. The first-order chi connectivity index (χ1) is 18.2. The van der Waals surface area contributed by atoms with E-state index in [9.17, 15) is 14.0 Å². The topological polar surface area (TPSA) is 67.7 Å². The number of halogens is 1. The number of hydrogen-bond acceptors (Lipinski definition) is 4. The van der Waals surface area contributed by atoms with Gasteiger partial charge in [-0.3, -0.25) is 4.79 Å². The third-order valence-corrected chi connectivity index (χ3v) is 7.39. The average molecular weight is 519 g/mol. The van der Waals surface area contributed by atoms with Crippen LogP contribution in [0.5, 0.6) is 0 Å². The Morgan fingerprint density at radius 2 is 1.53 bits per heavy atom. The highest BCUT2D eigenvalue weighted by molar-refractivity contribution is 5.95. The Hall–Kier alpha value is -3.68. The second-order valence-corrected chi connectivity index (χ2v) is 11.2. The maximum atomic E-state index is 13.8. The van der Waals surface area contributed by atoms with Gasteiger partial charge < -0.3 is 14.5 Å². The fraction of sp³-hybridized carbons (Fsp3) is 0.433. The minimum atomic E-state index is -0.554. The van der Waals surface area contributed by atoms with Crippen molar-refractivity contribution in [2.24, 2.45) is 0 Å². The monoisotopic (exact) mass is 518 g/mol. The van der Waals surface area contributed by atoms with E-state index < -0.39 is 5.60 Å². The van der Waals surface area contributed by atoms with Crippen molar-refractivity contribution in [3.05, 3.63) is 83.4 Å². The minimum absolute atomic E-state index is 0.0210. The molecule has 5 rings (SSSR count). The van der Waals surface area contributed by atoms with Crippen LogP contribution in [-0.2, 0) is 4.74 Å². The summed E-state index contributed by atoms with van der Waals surface area (Å²) in [7, 11) is 0. The number of rotatable bonds is 4. The van der Waals surface area contributed by atoms with Crippen LogP contribution in [0.1, 0.15) is 73.5 Å². The molecule has 3 heterocycles. The molecular formula is C30H35FN4O3. The van der Waals surface area contributed by atoms with Crippen LogP contribution < -0.4 is 0 Å². The van der Waals surface area contributed by atoms with Gasteiger partial charge in [0.1, 0.15) is 11.4 Å². The first-order valence-corrected chi connectivity index (χ1v) is 13.4. The van der Waals surface area contributed by atoms with E-state index in [0.29, 0.717) is 56.2 Å². The summed E-state index contributed by atoms with van der Waals surface area (Å²) in [4.78, 5) is 30.1. The second kappa shape index (κ2) is 10.6. The van der Waals surface area contributed by atoms with Crippen LogP contribution >= 0.6 is 0 Å². The van der Waals surface area contributed by atoms with Crippen LogP contribution in [-0.4, -0.2) is 63.4 Å². The van der Waals surface area contributed by atoms with E-state index >= 15 is 0 Å². The molecule has 2 aliphatic heterocycles. The zero-order valence-electron chi connectivity index (χ0n) is 22.3. The molecule has 2 amide bonds. The van der Waals surface area contributed by atoms with Gasteiger partial charge >= 0.3 is 6.09 Å². The molecule has 0 aliphatic carbocycles. The molecule has 8 heteroatoms. The van der Waals surface area contributed by atoms with Crippen molar-refractivity contribution in [2.45, 2.75) is 57.5 Å². The van der Waals surface area contributed by atoms with E-state index in [2.05, 4.69) is 17.2 Å². The van der Waals surface area contributed by atoms with E-state index in [1.807, 2.05) is 43.9 Å². The summed E-state index contributed by atoms with van der Waals surface area (Å²) in [5, 5.41) is 4.61. The quantitative estimate of drug-likeness (QED) is 0.441. The van der Waals surface area contributed by atoms with E-state index in [4.69, 9.17) is 4.74 Å². The van der Waals surface area contributed by atoms with Gasteiger partial charge in [0, 0.05) is 38.0 Å². The molecule has 3 aromatic rings. The molecule has 0 N–H and O–H groups in total. The minimum Gasteiger partial charge on any atom is -0.444 e. The van der Waals surface area contributed by atoms with Gasteiger partial charge in [0.15, 0.2) is 0 Å². The first-order valence-electron chi connectivity index (χ1n) is 13.4. The predicted octanol–water partition coefficient (Wildman–Crippen LogP) is 5.76. The van der Waals surface area contributed by atoms with Crippen molar-refractivity contribution in [1.29, 1.82) is 0 Å². The van der Waals surface area contributed by atoms with Crippen LogP contribution in [0.25, 0.3) is 5.69 Å². The molecule has 2 aromatic carbocycles. The Morgan fingerprint density at radius 1 is 0.895 bits per heavy atom. The highest BCUT2D eigenvalue weighted by Crippen LogP contribution is 2.35. The molecule has 200 valence electrons. The smallest absolute Gasteiger partial charge is 0.410 e. The van der Waals surface area contributed by atoms with E-state index in [1.165, 1.54) is 17.7 Å². The second-order valence-electron chi connectivity index (χ2n) is 11.2. The molecule has 1 atom stereocenters. The van der Waals surface area contributed by atoms with Crippen LogP contribution in [0.2, 0.25) is 0 Å². The fourth-order valence-electron chi connectivity index (χ4n) is 5.48. The Bertz CT molecular complexity index is 1280. The maximum absolute atomic E-state index is 13.8. The summed E-state index contributed by atoms with van der Waals surface area (Å²) < 4.78 is 21.0. The van der Waals surface area contributed by atoms with Gasteiger partial charge in [-0.05, 0) is 69.9 Å². The van der Waals surface area contributed by atoms with E-state index in [0.717, 1.165) is 12.1 Å². The van der Waals surface area contributed by atoms with Crippen LogP contribution in [0, 0.1) is 5.82 Å². The van der Waals surface area contributed by atoms with Crippen molar-refractivity contribution >= 4 is 12.0 Å². The van der Waals surface area contributed by atoms with Gasteiger partial charge in [0.2, 0.25) is 0 Å². The number of carbonyl (C=O) groups is 2. The molecular weight excluding hydrogens is 483 g/mol. The molecule has 0 saturated carbocycles. The number of carbonyl (C=O) groups excluding carboxylic acids is 2. The maximum Gasteiger partial charge on any atom is 0.410 e. The molecule has 2 aliphatic rings. The van der Waals surface area contributed by atoms with E-state index in [-0.39, 0.29) is 23.7 Å². The molecule has 2 fully saturated rings. The molecule has 0 spiro atoms. The lowest BCUT2D eigenvalue weighted by atomic mass is 9.90. The fourth-order valence-corrected chi connectivity index (χ4v) is 5.48. The summed E-state index contributed by atoms with van der Waals surface area (Å²) in [6.07, 6.45) is 3.61. The van der Waals surface area contributed by atoms with Gasteiger partial charge in [0.25, 0.3) is 5.91 Å². The van der Waals surface area contributed by atoms with Crippen LogP contribution in [0.4, 0.5) is 9.18 Å². The molecule has 38 heavy (non-hydrogen) atoms.